The SMILES string of the molecule is CCOc1cc(C=Cc2ccc(O)cc2)cc(OCC)c1OCC. The Morgan fingerprint density at radius 2 is 1.25 bits per heavy atom. The van der Waals surface area contributed by atoms with Crippen molar-refractivity contribution in [3.63, 3.8) is 0 Å². The van der Waals surface area contributed by atoms with E-state index in [9.17, 15) is 5.11 Å². The molecule has 0 amide bonds. The highest BCUT2D eigenvalue weighted by Gasteiger charge is 2.14. The molecule has 0 aliphatic rings. The molecule has 0 atom stereocenters. The average molecular weight is 328 g/mol. The molecule has 1 N–H and O–H groups in total. The fourth-order valence-electron chi connectivity index (χ4n) is 2.28. The molecule has 0 bridgehead atoms. The van der Waals surface area contributed by atoms with Gasteiger partial charge in [0.1, 0.15) is 5.75 Å². The molecule has 0 aromatic heterocycles. The highest BCUT2D eigenvalue weighted by Crippen LogP contribution is 2.39. The molecule has 128 valence electrons. The van der Waals surface area contributed by atoms with E-state index >= 15 is 0 Å². The van der Waals surface area contributed by atoms with Crippen molar-refractivity contribution in [3.05, 3.63) is 47.5 Å². The molecular weight excluding hydrogens is 304 g/mol. The molecule has 24 heavy (non-hydrogen) atoms. The van der Waals surface area contributed by atoms with Gasteiger partial charge < -0.3 is 19.3 Å². The Morgan fingerprint density at radius 3 is 1.75 bits per heavy atom. The van der Waals surface area contributed by atoms with Crippen LogP contribution in [0.25, 0.3) is 12.2 Å². The maximum atomic E-state index is 9.34. The average Bonchev–Trinajstić information content (AvgIpc) is 2.58. The summed E-state index contributed by atoms with van der Waals surface area (Å²) >= 11 is 0. The number of hydrogen-bond acceptors (Lipinski definition) is 4. The largest absolute Gasteiger partial charge is 0.508 e. The summed E-state index contributed by atoms with van der Waals surface area (Å²) < 4.78 is 17.1. The third-order valence-corrected chi connectivity index (χ3v) is 3.29. The van der Waals surface area contributed by atoms with E-state index < -0.39 is 0 Å². The Bertz CT molecular complexity index is 648. The standard InChI is InChI=1S/C20H24O4/c1-4-22-18-13-16(8-7-15-9-11-17(21)12-10-15)14-19(23-5-2)20(18)24-6-3/h7-14,21H,4-6H2,1-3H3. The summed E-state index contributed by atoms with van der Waals surface area (Å²) in [6, 6.07) is 10.9. The predicted octanol–water partition coefficient (Wildman–Crippen LogP) is 4.76. The number of benzene rings is 2. The quantitative estimate of drug-likeness (QED) is 0.710. The zero-order valence-electron chi connectivity index (χ0n) is 14.4. The van der Waals surface area contributed by atoms with Crippen molar-refractivity contribution >= 4 is 12.2 Å². The summed E-state index contributed by atoms with van der Waals surface area (Å²) in [5, 5.41) is 9.34. The van der Waals surface area contributed by atoms with Crippen LogP contribution in [0.3, 0.4) is 0 Å². The summed E-state index contributed by atoms with van der Waals surface area (Å²) in [4.78, 5) is 0. The van der Waals surface area contributed by atoms with Gasteiger partial charge in [-0.15, -0.1) is 0 Å². The lowest BCUT2D eigenvalue weighted by Gasteiger charge is -2.16. The maximum Gasteiger partial charge on any atom is 0.203 e. The summed E-state index contributed by atoms with van der Waals surface area (Å²) in [6.45, 7) is 7.46. The van der Waals surface area contributed by atoms with E-state index in [2.05, 4.69) is 0 Å². The first-order valence-electron chi connectivity index (χ1n) is 8.21. The van der Waals surface area contributed by atoms with Crippen LogP contribution in [-0.2, 0) is 0 Å². The van der Waals surface area contributed by atoms with E-state index in [0.717, 1.165) is 11.1 Å². The Balaban J connectivity index is 2.36. The van der Waals surface area contributed by atoms with Crippen molar-refractivity contribution in [2.24, 2.45) is 0 Å². The zero-order chi connectivity index (χ0) is 17.4. The van der Waals surface area contributed by atoms with Gasteiger partial charge in [-0.05, 0) is 56.2 Å². The van der Waals surface area contributed by atoms with Crippen LogP contribution in [0, 0.1) is 0 Å². The highest BCUT2D eigenvalue weighted by molar-refractivity contribution is 5.72. The van der Waals surface area contributed by atoms with Gasteiger partial charge in [0.15, 0.2) is 11.5 Å². The molecule has 0 radical (unpaired) electrons. The van der Waals surface area contributed by atoms with E-state index in [4.69, 9.17) is 14.2 Å². The highest BCUT2D eigenvalue weighted by atomic mass is 16.5. The normalized spacial score (nSPS) is 10.8. The van der Waals surface area contributed by atoms with Gasteiger partial charge in [0, 0.05) is 0 Å². The number of phenols is 1. The van der Waals surface area contributed by atoms with Gasteiger partial charge in [-0.25, -0.2) is 0 Å². The Labute approximate surface area is 143 Å². The Hall–Kier alpha value is -2.62. The first-order chi connectivity index (χ1) is 11.7. The lowest BCUT2D eigenvalue weighted by atomic mass is 10.1. The third kappa shape index (κ3) is 4.69. The second kappa shape index (κ2) is 8.87. The number of rotatable bonds is 8. The van der Waals surface area contributed by atoms with E-state index in [0.29, 0.717) is 37.1 Å². The van der Waals surface area contributed by atoms with Crippen LogP contribution >= 0.6 is 0 Å². The molecule has 0 aliphatic carbocycles. The molecule has 0 heterocycles. The minimum absolute atomic E-state index is 0.255. The van der Waals surface area contributed by atoms with Crippen LogP contribution in [0.2, 0.25) is 0 Å². The predicted molar refractivity (Wildman–Crippen MR) is 97.0 cm³/mol. The number of ether oxygens (including phenoxy) is 3. The molecule has 2 aromatic carbocycles. The third-order valence-electron chi connectivity index (χ3n) is 3.29. The van der Waals surface area contributed by atoms with Crippen molar-refractivity contribution in [3.8, 4) is 23.0 Å². The molecule has 0 spiro atoms. The van der Waals surface area contributed by atoms with Crippen molar-refractivity contribution in [1.82, 2.24) is 0 Å². The Morgan fingerprint density at radius 1 is 0.750 bits per heavy atom. The minimum Gasteiger partial charge on any atom is -0.508 e. The van der Waals surface area contributed by atoms with Crippen LogP contribution < -0.4 is 14.2 Å². The van der Waals surface area contributed by atoms with Gasteiger partial charge >= 0.3 is 0 Å². The van der Waals surface area contributed by atoms with Crippen molar-refractivity contribution < 1.29 is 19.3 Å². The van der Waals surface area contributed by atoms with Crippen LogP contribution in [-0.4, -0.2) is 24.9 Å². The summed E-state index contributed by atoms with van der Waals surface area (Å²) in [5.74, 6) is 2.25. The lowest BCUT2D eigenvalue weighted by Crippen LogP contribution is -2.02. The van der Waals surface area contributed by atoms with E-state index in [1.807, 2.05) is 57.2 Å². The second-order valence-electron chi connectivity index (χ2n) is 5.07. The van der Waals surface area contributed by atoms with Crippen molar-refractivity contribution in [1.29, 1.82) is 0 Å². The minimum atomic E-state index is 0.255. The molecular formula is C20H24O4. The summed E-state index contributed by atoms with van der Waals surface area (Å²) in [7, 11) is 0. The number of aromatic hydroxyl groups is 1. The van der Waals surface area contributed by atoms with Crippen LogP contribution in [0.1, 0.15) is 31.9 Å². The molecule has 4 heteroatoms. The van der Waals surface area contributed by atoms with E-state index in [1.54, 1.807) is 12.1 Å². The van der Waals surface area contributed by atoms with E-state index in [1.165, 1.54) is 0 Å². The molecule has 0 saturated heterocycles. The Kier molecular flexibility index (Phi) is 6.55. The summed E-state index contributed by atoms with van der Waals surface area (Å²) in [5.41, 5.74) is 1.95. The molecule has 2 aromatic rings. The second-order valence-corrected chi connectivity index (χ2v) is 5.07. The molecule has 0 aliphatic heterocycles. The van der Waals surface area contributed by atoms with Gasteiger partial charge in [-0.3, -0.25) is 0 Å². The molecule has 0 unspecified atom stereocenters. The first kappa shape index (κ1) is 17.7. The number of hydrogen-bond donors (Lipinski definition) is 1. The zero-order valence-corrected chi connectivity index (χ0v) is 14.4. The molecule has 2 rings (SSSR count). The van der Waals surface area contributed by atoms with Crippen molar-refractivity contribution in [2.45, 2.75) is 20.8 Å². The van der Waals surface area contributed by atoms with Gasteiger partial charge in [0.25, 0.3) is 0 Å². The fourth-order valence-corrected chi connectivity index (χ4v) is 2.28. The van der Waals surface area contributed by atoms with E-state index in [-0.39, 0.29) is 5.75 Å². The van der Waals surface area contributed by atoms with Gasteiger partial charge in [-0.2, -0.15) is 0 Å². The van der Waals surface area contributed by atoms with Gasteiger partial charge in [0.05, 0.1) is 19.8 Å². The van der Waals surface area contributed by atoms with Crippen LogP contribution in [0.5, 0.6) is 23.0 Å². The van der Waals surface area contributed by atoms with Gasteiger partial charge in [-0.1, -0.05) is 24.3 Å². The summed E-state index contributed by atoms with van der Waals surface area (Å²) in [6.07, 6.45) is 3.95. The van der Waals surface area contributed by atoms with Crippen LogP contribution in [0.15, 0.2) is 36.4 Å². The van der Waals surface area contributed by atoms with Gasteiger partial charge in [0.2, 0.25) is 5.75 Å². The molecule has 4 nitrogen and oxygen atoms in total. The maximum absolute atomic E-state index is 9.34. The molecule has 0 saturated carbocycles. The fraction of sp³-hybridized carbons (Fsp3) is 0.300. The van der Waals surface area contributed by atoms with Crippen LogP contribution in [0.4, 0.5) is 0 Å². The monoisotopic (exact) mass is 328 g/mol. The first-order valence-corrected chi connectivity index (χ1v) is 8.21. The van der Waals surface area contributed by atoms with Crippen molar-refractivity contribution in [2.75, 3.05) is 19.8 Å². The number of phenolic OH excluding ortho intramolecular Hbond substituents is 1. The molecule has 0 fully saturated rings. The topological polar surface area (TPSA) is 47.9 Å². The smallest absolute Gasteiger partial charge is 0.203 e. The lowest BCUT2D eigenvalue weighted by molar-refractivity contribution is 0.260.